The van der Waals surface area contributed by atoms with Crippen molar-refractivity contribution in [1.82, 2.24) is 14.5 Å². The van der Waals surface area contributed by atoms with Gasteiger partial charge in [-0.2, -0.15) is 5.10 Å². The van der Waals surface area contributed by atoms with Crippen molar-refractivity contribution in [3.05, 3.63) is 47.7 Å². The van der Waals surface area contributed by atoms with Gasteiger partial charge in [-0.1, -0.05) is 6.07 Å². The number of sulfonamides is 1. The van der Waals surface area contributed by atoms with Crippen molar-refractivity contribution >= 4 is 21.7 Å². The van der Waals surface area contributed by atoms with Crippen LogP contribution in [-0.2, 0) is 27.1 Å². The lowest BCUT2D eigenvalue weighted by atomic mass is 10.1. The number of carbonyl (C=O) groups is 1. The molecular weight excluding hydrogens is 378 g/mol. The Morgan fingerprint density at radius 3 is 2.63 bits per heavy atom. The van der Waals surface area contributed by atoms with Crippen LogP contribution in [0.25, 0.3) is 0 Å². The van der Waals surface area contributed by atoms with Gasteiger partial charge < -0.3 is 0 Å². The van der Waals surface area contributed by atoms with Gasteiger partial charge in [-0.15, -0.1) is 0 Å². The molecule has 0 saturated carbocycles. The number of nitrogens with one attached hydrogen (secondary N) is 1. The summed E-state index contributed by atoms with van der Waals surface area (Å²) in [5, 5.41) is 4.12. The molecule has 7 nitrogen and oxygen atoms in total. The van der Waals surface area contributed by atoms with Gasteiger partial charge in [0.1, 0.15) is 23.5 Å². The highest BCUT2D eigenvalue weighted by molar-refractivity contribution is 7.88. The Balaban J connectivity index is 1.77. The predicted octanol–water partition coefficient (Wildman–Crippen LogP) is 1.80. The number of rotatable bonds is 6. The molecule has 1 atom stereocenters. The van der Waals surface area contributed by atoms with Crippen LogP contribution in [0.2, 0.25) is 0 Å². The van der Waals surface area contributed by atoms with Gasteiger partial charge in [0.2, 0.25) is 15.9 Å². The zero-order chi connectivity index (χ0) is 19.6. The monoisotopic (exact) mass is 398 g/mol. The highest BCUT2D eigenvalue weighted by Gasteiger charge is 2.34. The Labute approximate surface area is 156 Å². The summed E-state index contributed by atoms with van der Waals surface area (Å²) in [5.41, 5.74) is -0.547. The summed E-state index contributed by atoms with van der Waals surface area (Å²) < 4.78 is 56.2. The van der Waals surface area contributed by atoms with Gasteiger partial charge in [-0.05, 0) is 31.9 Å². The van der Waals surface area contributed by atoms with Crippen molar-refractivity contribution in [2.45, 2.75) is 38.1 Å². The highest BCUT2D eigenvalue weighted by Crippen LogP contribution is 2.22. The van der Waals surface area contributed by atoms with Gasteiger partial charge in [-0.25, -0.2) is 26.6 Å². The maximum absolute atomic E-state index is 13.8. The highest BCUT2D eigenvalue weighted by atomic mass is 32.2. The molecule has 0 bridgehead atoms. The maximum atomic E-state index is 13.8. The smallest absolute Gasteiger partial charge is 0.246 e. The second-order valence-corrected chi connectivity index (χ2v) is 8.02. The Kier molecular flexibility index (Phi) is 5.56. The molecule has 1 amide bonds. The fourth-order valence-electron chi connectivity index (χ4n) is 3.13. The predicted molar refractivity (Wildman–Crippen MR) is 95.4 cm³/mol. The van der Waals surface area contributed by atoms with Gasteiger partial charge in [0, 0.05) is 24.7 Å². The first-order valence-corrected chi connectivity index (χ1v) is 10.2. The van der Waals surface area contributed by atoms with Crippen LogP contribution in [0.4, 0.5) is 14.6 Å². The van der Waals surface area contributed by atoms with Crippen LogP contribution < -0.4 is 9.62 Å². The summed E-state index contributed by atoms with van der Waals surface area (Å²) >= 11 is 0. The fraction of sp³-hybridized carbons (Fsp3) is 0.412. The lowest BCUT2D eigenvalue weighted by Gasteiger charge is -2.32. The number of aryl methyl sites for hydroxylation is 1. The lowest BCUT2D eigenvalue weighted by molar-refractivity contribution is -0.121. The molecule has 1 aromatic carbocycles. The summed E-state index contributed by atoms with van der Waals surface area (Å²) in [4.78, 5) is 14.2. The molecule has 2 aromatic rings. The summed E-state index contributed by atoms with van der Waals surface area (Å²) in [7, 11) is -4.12. The number of aromatic nitrogens is 2. The van der Waals surface area contributed by atoms with Crippen LogP contribution >= 0.6 is 0 Å². The second kappa shape index (κ2) is 7.73. The van der Waals surface area contributed by atoms with E-state index in [9.17, 15) is 22.0 Å². The molecule has 1 aromatic heterocycles. The molecule has 1 aliphatic rings. The quantitative estimate of drug-likeness (QED) is 0.804. The molecule has 1 aliphatic heterocycles. The Morgan fingerprint density at radius 1 is 1.26 bits per heavy atom. The Morgan fingerprint density at radius 2 is 1.96 bits per heavy atom. The Bertz CT molecular complexity index is 925. The number of nitrogens with zero attached hydrogens (tertiary/aromatic N) is 3. The van der Waals surface area contributed by atoms with E-state index in [1.165, 1.54) is 4.90 Å². The van der Waals surface area contributed by atoms with Crippen LogP contribution in [0.5, 0.6) is 0 Å². The first-order chi connectivity index (χ1) is 12.8. The third kappa shape index (κ3) is 4.16. The SMILES string of the molecule is CCn1nccc1N1CCCC(NS(=O)(=O)Cc2c(F)cccc2F)C1=O. The van der Waals surface area contributed by atoms with Crippen molar-refractivity contribution in [2.75, 3.05) is 11.4 Å². The minimum atomic E-state index is -4.12. The average Bonchev–Trinajstić information content (AvgIpc) is 3.08. The van der Waals surface area contributed by atoms with Crippen LogP contribution in [0.15, 0.2) is 30.5 Å². The van der Waals surface area contributed by atoms with Gasteiger partial charge in [0.25, 0.3) is 0 Å². The van der Waals surface area contributed by atoms with E-state index >= 15 is 0 Å². The van der Waals surface area contributed by atoms with Crippen molar-refractivity contribution in [1.29, 1.82) is 0 Å². The van der Waals surface area contributed by atoms with Gasteiger partial charge >= 0.3 is 0 Å². The van der Waals surface area contributed by atoms with Crippen molar-refractivity contribution < 1.29 is 22.0 Å². The van der Waals surface area contributed by atoms with E-state index in [0.717, 1.165) is 18.2 Å². The third-order valence-electron chi connectivity index (χ3n) is 4.43. The topological polar surface area (TPSA) is 84.3 Å². The molecule has 1 saturated heterocycles. The number of carbonyl (C=O) groups excluding carboxylic acids is 1. The van der Waals surface area contributed by atoms with Crippen LogP contribution in [0, 0.1) is 11.6 Å². The number of halogens is 2. The molecule has 1 fully saturated rings. The van der Waals surface area contributed by atoms with Crippen LogP contribution in [0.3, 0.4) is 0 Å². The molecule has 2 heterocycles. The minimum absolute atomic E-state index is 0.314. The molecule has 0 spiro atoms. The number of piperidine rings is 1. The van der Waals surface area contributed by atoms with Crippen molar-refractivity contribution in [3.63, 3.8) is 0 Å². The third-order valence-corrected chi connectivity index (χ3v) is 5.74. The normalized spacial score (nSPS) is 18.1. The zero-order valence-electron chi connectivity index (χ0n) is 14.7. The number of anilines is 1. The second-order valence-electron chi connectivity index (χ2n) is 6.27. The van der Waals surface area contributed by atoms with Crippen molar-refractivity contribution in [2.24, 2.45) is 0 Å². The largest absolute Gasteiger partial charge is 0.296 e. The average molecular weight is 398 g/mol. The summed E-state index contributed by atoms with van der Waals surface area (Å²) in [6.45, 7) is 2.90. The maximum Gasteiger partial charge on any atom is 0.246 e. The fourth-order valence-corrected chi connectivity index (χ4v) is 4.52. The van der Waals surface area contributed by atoms with E-state index in [4.69, 9.17) is 0 Å². The standard InChI is InChI=1S/C17H20F2N4O3S/c1-2-23-16(8-9-20-23)22-10-4-7-15(17(22)24)21-27(25,26)11-12-13(18)5-3-6-14(12)19/h3,5-6,8-9,15,21H,2,4,7,10-11H2,1H3. The Hall–Kier alpha value is -2.33. The number of hydrogen-bond acceptors (Lipinski definition) is 4. The minimum Gasteiger partial charge on any atom is -0.296 e. The van der Waals surface area contributed by atoms with Gasteiger partial charge in [0.05, 0.1) is 11.9 Å². The lowest BCUT2D eigenvalue weighted by Crippen LogP contribution is -2.53. The summed E-state index contributed by atoms with van der Waals surface area (Å²) in [6.07, 6.45) is 2.47. The molecule has 27 heavy (non-hydrogen) atoms. The van der Waals surface area contributed by atoms with E-state index in [0.29, 0.717) is 31.7 Å². The summed E-state index contributed by atoms with van der Waals surface area (Å²) in [5.74, 6) is -2.57. The summed E-state index contributed by atoms with van der Waals surface area (Å²) in [6, 6.07) is 3.85. The molecule has 0 radical (unpaired) electrons. The first-order valence-electron chi connectivity index (χ1n) is 8.58. The van der Waals surface area contributed by atoms with E-state index in [-0.39, 0.29) is 0 Å². The first kappa shape index (κ1) is 19.4. The molecule has 1 unspecified atom stereocenters. The zero-order valence-corrected chi connectivity index (χ0v) is 15.5. The van der Waals surface area contributed by atoms with E-state index in [1.54, 1.807) is 16.9 Å². The molecule has 1 N–H and O–H groups in total. The number of benzene rings is 1. The number of amides is 1. The van der Waals surface area contributed by atoms with Crippen LogP contribution in [-0.4, -0.2) is 36.7 Å². The van der Waals surface area contributed by atoms with E-state index in [1.807, 2.05) is 6.92 Å². The van der Waals surface area contributed by atoms with Gasteiger partial charge in [0.15, 0.2) is 0 Å². The molecule has 0 aliphatic carbocycles. The van der Waals surface area contributed by atoms with Gasteiger partial charge in [-0.3, -0.25) is 9.69 Å². The molecule has 3 rings (SSSR count). The van der Waals surface area contributed by atoms with Crippen LogP contribution in [0.1, 0.15) is 25.3 Å². The van der Waals surface area contributed by atoms with E-state index < -0.39 is 44.9 Å². The number of hydrogen-bond donors (Lipinski definition) is 1. The molecule has 146 valence electrons. The molecular formula is C17H20F2N4O3S. The van der Waals surface area contributed by atoms with Crippen molar-refractivity contribution in [3.8, 4) is 0 Å². The molecule has 10 heteroatoms. The van der Waals surface area contributed by atoms with E-state index in [2.05, 4.69) is 9.82 Å².